The molecule has 0 radical (unpaired) electrons. The molecule has 1 amide bonds. The molecule has 0 fully saturated rings. The molecule has 0 aromatic carbocycles. The van der Waals surface area contributed by atoms with Crippen molar-refractivity contribution in [3.8, 4) is 0 Å². The molecule has 16 heavy (non-hydrogen) atoms. The summed E-state index contributed by atoms with van der Waals surface area (Å²) < 4.78 is 5.13. The van der Waals surface area contributed by atoms with Crippen molar-refractivity contribution in [2.75, 3.05) is 13.1 Å². The Morgan fingerprint density at radius 1 is 1.69 bits per heavy atom. The number of amidine groups is 1. The Morgan fingerprint density at radius 2 is 2.38 bits per heavy atom. The van der Waals surface area contributed by atoms with Gasteiger partial charge in [-0.3, -0.25) is 10.3 Å². The van der Waals surface area contributed by atoms with Crippen LogP contribution >= 0.6 is 11.8 Å². The molecule has 0 aliphatic carbocycles. The molecule has 5 nitrogen and oxygen atoms in total. The van der Waals surface area contributed by atoms with Crippen molar-refractivity contribution < 1.29 is 9.53 Å². The maximum atomic E-state index is 11.4. The number of hydrogen-bond acceptors (Lipinski definition) is 5. The fourth-order valence-electron chi connectivity index (χ4n) is 1.21. The molecule has 0 bridgehead atoms. The average molecular weight is 245 g/mol. The van der Waals surface area contributed by atoms with Gasteiger partial charge in [-0.2, -0.15) is 0 Å². The molecule has 0 aromatic rings. The SMILES string of the molecule is CC(C)(C)OC(=O)NC1=NCC(CCN)S1. The van der Waals surface area contributed by atoms with E-state index < -0.39 is 11.7 Å². The lowest BCUT2D eigenvalue weighted by Crippen LogP contribution is -2.34. The number of nitrogens with zero attached hydrogens (tertiary/aromatic N) is 1. The van der Waals surface area contributed by atoms with Crippen LogP contribution in [0.1, 0.15) is 27.2 Å². The second-order valence-electron chi connectivity index (χ2n) is 4.59. The minimum atomic E-state index is -0.482. The van der Waals surface area contributed by atoms with Gasteiger partial charge in [0, 0.05) is 5.25 Å². The van der Waals surface area contributed by atoms with Crippen LogP contribution in [0.2, 0.25) is 0 Å². The predicted octanol–water partition coefficient (Wildman–Crippen LogP) is 1.33. The van der Waals surface area contributed by atoms with Crippen molar-refractivity contribution in [3.05, 3.63) is 0 Å². The second-order valence-corrected chi connectivity index (χ2v) is 5.88. The summed E-state index contributed by atoms with van der Waals surface area (Å²) in [6, 6.07) is 0. The van der Waals surface area contributed by atoms with E-state index in [-0.39, 0.29) is 0 Å². The van der Waals surface area contributed by atoms with Crippen molar-refractivity contribution >= 4 is 23.0 Å². The summed E-state index contributed by atoms with van der Waals surface area (Å²) in [5.41, 5.74) is 4.98. The van der Waals surface area contributed by atoms with Gasteiger partial charge >= 0.3 is 6.09 Å². The summed E-state index contributed by atoms with van der Waals surface area (Å²) in [6.07, 6.45) is 0.459. The van der Waals surface area contributed by atoms with Crippen LogP contribution in [0.25, 0.3) is 0 Å². The van der Waals surface area contributed by atoms with Crippen LogP contribution in [-0.2, 0) is 4.74 Å². The number of alkyl carbamates (subject to hydrolysis) is 1. The van der Waals surface area contributed by atoms with Crippen LogP contribution in [0.4, 0.5) is 4.79 Å². The fourth-order valence-corrected chi connectivity index (χ4v) is 2.22. The second kappa shape index (κ2) is 5.54. The molecule has 1 aliphatic heterocycles. The highest BCUT2D eigenvalue weighted by Gasteiger charge is 2.22. The first-order valence-corrected chi connectivity index (χ1v) is 6.20. The molecule has 1 aliphatic rings. The quantitative estimate of drug-likeness (QED) is 0.769. The highest BCUT2D eigenvalue weighted by atomic mass is 32.2. The maximum absolute atomic E-state index is 11.4. The summed E-state index contributed by atoms with van der Waals surface area (Å²) in [5.74, 6) is 0. The van der Waals surface area contributed by atoms with Crippen molar-refractivity contribution in [2.45, 2.75) is 38.0 Å². The topological polar surface area (TPSA) is 76.7 Å². The summed E-state index contributed by atoms with van der Waals surface area (Å²) in [6.45, 7) is 6.84. The molecule has 0 spiro atoms. The largest absolute Gasteiger partial charge is 0.444 e. The van der Waals surface area contributed by atoms with Gasteiger partial charge in [0.15, 0.2) is 5.17 Å². The Kier molecular flexibility index (Phi) is 4.61. The van der Waals surface area contributed by atoms with Gasteiger partial charge in [-0.1, -0.05) is 11.8 Å². The van der Waals surface area contributed by atoms with Crippen molar-refractivity contribution in [3.63, 3.8) is 0 Å². The van der Waals surface area contributed by atoms with E-state index in [0.29, 0.717) is 23.5 Å². The van der Waals surface area contributed by atoms with Gasteiger partial charge < -0.3 is 10.5 Å². The van der Waals surface area contributed by atoms with Gasteiger partial charge in [-0.05, 0) is 33.7 Å². The van der Waals surface area contributed by atoms with E-state index in [9.17, 15) is 4.79 Å². The molecule has 6 heteroatoms. The average Bonchev–Trinajstić information content (AvgIpc) is 2.49. The number of thioether (sulfide) groups is 1. The van der Waals surface area contributed by atoms with Gasteiger partial charge in [-0.25, -0.2) is 4.79 Å². The zero-order chi connectivity index (χ0) is 12.2. The van der Waals surface area contributed by atoms with Gasteiger partial charge in [0.2, 0.25) is 0 Å². The molecular weight excluding hydrogens is 226 g/mol. The summed E-state index contributed by atoms with van der Waals surface area (Å²) in [7, 11) is 0. The lowest BCUT2D eigenvalue weighted by Gasteiger charge is -2.19. The molecule has 3 N–H and O–H groups in total. The Hall–Kier alpha value is -0.750. The predicted molar refractivity (Wildman–Crippen MR) is 66.7 cm³/mol. The maximum Gasteiger partial charge on any atom is 0.413 e. The highest BCUT2D eigenvalue weighted by Crippen LogP contribution is 2.22. The fraction of sp³-hybridized carbons (Fsp3) is 0.800. The number of carbonyl (C=O) groups excluding carboxylic acids is 1. The standard InChI is InChI=1S/C10H19N3O2S/c1-10(2,3)15-9(14)13-8-12-6-7(16-8)4-5-11/h7H,4-6,11H2,1-3H3,(H,12,13,14). The lowest BCUT2D eigenvalue weighted by molar-refractivity contribution is 0.0564. The monoisotopic (exact) mass is 245 g/mol. The van der Waals surface area contributed by atoms with Crippen LogP contribution < -0.4 is 11.1 Å². The van der Waals surface area contributed by atoms with E-state index in [1.54, 1.807) is 11.8 Å². The number of hydrogen-bond donors (Lipinski definition) is 2. The van der Waals surface area contributed by atoms with Crippen LogP contribution in [0.5, 0.6) is 0 Å². The Morgan fingerprint density at radius 3 is 2.94 bits per heavy atom. The third-order valence-electron chi connectivity index (χ3n) is 1.81. The van der Waals surface area contributed by atoms with E-state index in [2.05, 4.69) is 10.3 Å². The summed E-state index contributed by atoms with van der Waals surface area (Å²) in [5, 5.41) is 3.65. The van der Waals surface area contributed by atoms with Gasteiger partial charge in [0.05, 0.1) is 6.54 Å². The Labute approximate surface area is 100 Å². The van der Waals surface area contributed by atoms with Crippen LogP contribution in [0.15, 0.2) is 4.99 Å². The molecule has 92 valence electrons. The van der Waals surface area contributed by atoms with E-state index >= 15 is 0 Å². The number of carbonyl (C=O) groups is 1. The Balaban J connectivity index is 2.31. The summed E-state index contributed by atoms with van der Waals surface area (Å²) in [4.78, 5) is 15.6. The first-order valence-electron chi connectivity index (χ1n) is 5.32. The minimum absolute atomic E-state index is 0.384. The van der Waals surface area contributed by atoms with Crippen molar-refractivity contribution in [1.82, 2.24) is 5.32 Å². The molecule has 1 unspecified atom stereocenters. The number of aliphatic imine (C=N–C) groups is 1. The smallest absolute Gasteiger partial charge is 0.413 e. The molecule has 1 heterocycles. The Bertz CT molecular complexity index is 286. The third-order valence-corrected chi connectivity index (χ3v) is 2.99. The van der Waals surface area contributed by atoms with Gasteiger partial charge in [0.1, 0.15) is 5.60 Å². The van der Waals surface area contributed by atoms with E-state index in [1.807, 2.05) is 20.8 Å². The zero-order valence-electron chi connectivity index (χ0n) is 9.95. The van der Waals surface area contributed by atoms with Crippen LogP contribution in [0.3, 0.4) is 0 Å². The normalized spacial score (nSPS) is 20.5. The van der Waals surface area contributed by atoms with Crippen LogP contribution in [0, 0.1) is 0 Å². The number of ether oxygens (including phenoxy) is 1. The molecular formula is C10H19N3O2S. The summed E-state index contributed by atoms with van der Waals surface area (Å²) >= 11 is 1.55. The van der Waals surface area contributed by atoms with E-state index in [4.69, 9.17) is 10.5 Å². The van der Waals surface area contributed by atoms with Crippen molar-refractivity contribution in [1.29, 1.82) is 0 Å². The minimum Gasteiger partial charge on any atom is -0.444 e. The van der Waals surface area contributed by atoms with Crippen molar-refractivity contribution in [2.24, 2.45) is 10.7 Å². The first-order chi connectivity index (χ1) is 7.40. The van der Waals surface area contributed by atoms with E-state index in [1.165, 1.54) is 0 Å². The highest BCUT2D eigenvalue weighted by molar-refractivity contribution is 8.14. The first kappa shape index (κ1) is 13.3. The third kappa shape index (κ3) is 4.85. The van der Waals surface area contributed by atoms with Gasteiger partial charge in [0.25, 0.3) is 0 Å². The number of amides is 1. The zero-order valence-corrected chi connectivity index (χ0v) is 10.8. The molecule has 0 saturated carbocycles. The molecule has 0 aromatic heterocycles. The number of nitrogens with two attached hydrogens (primary N) is 1. The molecule has 1 rings (SSSR count). The lowest BCUT2D eigenvalue weighted by atomic mass is 10.2. The molecule has 1 atom stereocenters. The molecule has 0 saturated heterocycles. The number of nitrogens with one attached hydrogen (secondary N) is 1. The number of rotatable bonds is 2. The van der Waals surface area contributed by atoms with Gasteiger partial charge in [-0.15, -0.1) is 0 Å². The van der Waals surface area contributed by atoms with E-state index in [0.717, 1.165) is 6.42 Å². The van der Waals surface area contributed by atoms with Crippen LogP contribution in [-0.4, -0.2) is 35.2 Å².